The Bertz CT molecular complexity index is 594. The summed E-state index contributed by atoms with van der Waals surface area (Å²) in [5, 5.41) is 0. The second-order valence-electron chi connectivity index (χ2n) is 6.78. The molecule has 0 aliphatic carbocycles. The van der Waals surface area contributed by atoms with Gasteiger partial charge in [0.05, 0.1) is 25.8 Å². The van der Waals surface area contributed by atoms with Gasteiger partial charge in [0.25, 0.3) is 5.91 Å². The molecule has 1 aromatic rings. The zero-order valence-corrected chi connectivity index (χ0v) is 14.5. The SMILES string of the molecule is CCCOc1ccc(N2C(=O)C[C@@H]([NH+]3CC[NH+](C)CC3)C2=O)cc1. The van der Waals surface area contributed by atoms with Crippen LogP contribution in [0, 0.1) is 0 Å². The highest BCUT2D eigenvalue weighted by molar-refractivity contribution is 6.21. The number of carbonyl (C=O) groups excluding carboxylic acids is 2. The van der Waals surface area contributed by atoms with Crippen LogP contribution in [0.5, 0.6) is 5.75 Å². The smallest absolute Gasteiger partial charge is 0.292 e. The van der Waals surface area contributed by atoms with Gasteiger partial charge in [0.2, 0.25) is 5.91 Å². The number of hydrogen-bond donors (Lipinski definition) is 2. The Labute approximate surface area is 143 Å². The van der Waals surface area contributed by atoms with E-state index in [1.807, 2.05) is 12.1 Å². The molecule has 2 aliphatic rings. The molecule has 0 radical (unpaired) electrons. The molecule has 2 amide bonds. The number of likely N-dealkylation sites (N-methyl/N-ethyl adjacent to an activating group) is 1. The van der Waals surface area contributed by atoms with Crippen LogP contribution in [-0.4, -0.2) is 57.7 Å². The minimum absolute atomic E-state index is 0.0585. The van der Waals surface area contributed by atoms with Crippen LogP contribution in [0.1, 0.15) is 19.8 Å². The van der Waals surface area contributed by atoms with Crippen molar-refractivity contribution in [1.82, 2.24) is 0 Å². The summed E-state index contributed by atoms with van der Waals surface area (Å²) < 4.78 is 5.56. The minimum atomic E-state index is -0.221. The van der Waals surface area contributed by atoms with Crippen molar-refractivity contribution in [2.24, 2.45) is 0 Å². The summed E-state index contributed by atoms with van der Waals surface area (Å²) in [6.45, 7) is 6.73. The molecule has 0 saturated carbocycles. The first-order valence-corrected chi connectivity index (χ1v) is 8.85. The molecule has 2 fully saturated rings. The van der Waals surface area contributed by atoms with Gasteiger partial charge in [0.1, 0.15) is 31.9 Å². The highest BCUT2D eigenvalue weighted by atomic mass is 16.5. The summed E-state index contributed by atoms with van der Waals surface area (Å²) in [7, 11) is 2.17. The minimum Gasteiger partial charge on any atom is -0.494 e. The fourth-order valence-corrected chi connectivity index (χ4v) is 3.48. The van der Waals surface area contributed by atoms with E-state index in [0.29, 0.717) is 18.7 Å². The number of carbonyl (C=O) groups is 2. The van der Waals surface area contributed by atoms with Gasteiger partial charge < -0.3 is 14.5 Å². The lowest BCUT2D eigenvalue weighted by Crippen LogP contribution is -3.29. The number of hydrogen-bond acceptors (Lipinski definition) is 3. The Kier molecular flexibility index (Phi) is 5.16. The summed E-state index contributed by atoms with van der Waals surface area (Å²) in [5.74, 6) is 0.617. The van der Waals surface area contributed by atoms with Gasteiger partial charge in [0.15, 0.2) is 6.04 Å². The molecule has 6 heteroatoms. The normalized spacial score (nSPS) is 27.6. The van der Waals surface area contributed by atoms with E-state index < -0.39 is 0 Å². The Morgan fingerprint density at radius 1 is 1.12 bits per heavy atom. The second kappa shape index (κ2) is 7.32. The fraction of sp³-hybridized carbons (Fsp3) is 0.556. The van der Waals surface area contributed by atoms with Crippen molar-refractivity contribution in [3.63, 3.8) is 0 Å². The monoisotopic (exact) mass is 333 g/mol. The summed E-state index contributed by atoms with van der Waals surface area (Å²) >= 11 is 0. The molecule has 2 heterocycles. The van der Waals surface area contributed by atoms with Crippen molar-refractivity contribution in [1.29, 1.82) is 0 Å². The molecular formula is C18H27N3O3+2. The van der Waals surface area contributed by atoms with E-state index in [-0.39, 0.29) is 17.9 Å². The molecule has 3 rings (SSSR count). The maximum atomic E-state index is 12.8. The number of anilines is 1. The van der Waals surface area contributed by atoms with Crippen molar-refractivity contribution >= 4 is 17.5 Å². The van der Waals surface area contributed by atoms with Crippen molar-refractivity contribution in [3.05, 3.63) is 24.3 Å². The number of amides is 2. The number of benzene rings is 1. The molecule has 0 unspecified atom stereocenters. The number of ether oxygens (including phenoxy) is 1. The molecule has 24 heavy (non-hydrogen) atoms. The summed E-state index contributed by atoms with van der Waals surface area (Å²) in [4.78, 5) is 29.3. The number of nitrogens with zero attached hydrogens (tertiary/aromatic N) is 1. The largest absolute Gasteiger partial charge is 0.494 e. The Morgan fingerprint density at radius 3 is 2.42 bits per heavy atom. The third-order valence-corrected chi connectivity index (χ3v) is 4.95. The summed E-state index contributed by atoms with van der Waals surface area (Å²) in [5.41, 5.74) is 0.649. The molecule has 0 spiro atoms. The molecule has 0 aromatic heterocycles. The van der Waals surface area contributed by atoms with Crippen LogP contribution < -0.4 is 19.4 Å². The topological polar surface area (TPSA) is 55.5 Å². The van der Waals surface area contributed by atoms with Gasteiger partial charge in [-0.3, -0.25) is 9.59 Å². The maximum absolute atomic E-state index is 12.8. The molecule has 130 valence electrons. The van der Waals surface area contributed by atoms with Crippen molar-refractivity contribution in [2.75, 3.05) is 44.7 Å². The molecule has 2 N–H and O–H groups in total. The number of imide groups is 1. The van der Waals surface area contributed by atoms with Crippen molar-refractivity contribution in [3.8, 4) is 5.75 Å². The number of quaternary nitrogens is 2. The van der Waals surface area contributed by atoms with Gasteiger partial charge in [0, 0.05) is 0 Å². The van der Waals surface area contributed by atoms with Crippen molar-refractivity contribution in [2.45, 2.75) is 25.8 Å². The van der Waals surface area contributed by atoms with Gasteiger partial charge in [-0.25, -0.2) is 4.90 Å². The van der Waals surface area contributed by atoms with Crippen molar-refractivity contribution < 1.29 is 24.1 Å². The van der Waals surface area contributed by atoms with Gasteiger partial charge in [-0.2, -0.15) is 0 Å². The zero-order valence-electron chi connectivity index (χ0n) is 14.5. The Balaban J connectivity index is 1.70. The lowest BCUT2D eigenvalue weighted by molar-refractivity contribution is -1.01. The van der Waals surface area contributed by atoms with Crippen LogP contribution in [0.2, 0.25) is 0 Å². The first-order valence-electron chi connectivity index (χ1n) is 8.85. The highest BCUT2D eigenvalue weighted by Crippen LogP contribution is 2.24. The van der Waals surface area contributed by atoms with E-state index in [1.165, 1.54) is 14.7 Å². The fourth-order valence-electron chi connectivity index (χ4n) is 3.48. The molecule has 2 aliphatic heterocycles. The molecular weight excluding hydrogens is 306 g/mol. The summed E-state index contributed by atoms with van der Waals surface area (Å²) in [6, 6.07) is 7.02. The predicted molar refractivity (Wildman–Crippen MR) is 90.4 cm³/mol. The standard InChI is InChI=1S/C18H25N3O3/c1-3-12-24-15-6-4-14(5-7-15)21-17(22)13-16(18(21)23)20-10-8-19(2)9-11-20/h4-7,16H,3,8-13H2,1-2H3/p+2/t16-/m1/s1. The van der Waals surface area contributed by atoms with Gasteiger partial charge in [-0.1, -0.05) is 6.92 Å². The summed E-state index contributed by atoms with van der Waals surface area (Å²) in [6.07, 6.45) is 1.27. The highest BCUT2D eigenvalue weighted by Gasteiger charge is 2.46. The maximum Gasteiger partial charge on any atom is 0.292 e. The van der Waals surface area contributed by atoms with E-state index in [4.69, 9.17) is 4.74 Å². The number of piperazine rings is 1. The first kappa shape index (κ1) is 16.9. The molecule has 0 bridgehead atoms. The number of rotatable bonds is 5. The zero-order chi connectivity index (χ0) is 17.1. The van der Waals surface area contributed by atoms with E-state index in [1.54, 1.807) is 12.1 Å². The second-order valence-corrected chi connectivity index (χ2v) is 6.78. The number of nitrogens with one attached hydrogen (secondary N) is 2. The van der Waals surface area contributed by atoms with E-state index in [0.717, 1.165) is 38.3 Å². The van der Waals surface area contributed by atoms with Gasteiger partial charge in [-0.15, -0.1) is 0 Å². The van der Waals surface area contributed by atoms with Crippen LogP contribution >= 0.6 is 0 Å². The van der Waals surface area contributed by atoms with Crippen LogP contribution in [0.15, 0.2) is 24.3 Å². The van der Waals surface area contributed by atoms with E-state index >= 15 is 0 Å². The molecule has 1 atom stereocenters. The van der Waals surface area contributed by atoms with Gasteiger partial charge in [-0.05, 0) is 30.7 Å². The predicted octanol–water partition coefficient (Wildman–Crippen LogP) is -1.48. The Morgan fingerprint density at radius 2 is 1.79 bits per heavy atom. The average Bonchev–Trinajstić information content (AvgIpc) is 2.89. The third kappa shape index (κ3) is 3.44. The van der Waals surface area contributed by atoms with Crippen LogP contribution in [0.4, 0.5) is 5.69 Å². The quantitative estimate of drug-likeness (QED) is 0.647. The molecule has 1 aromatic carbocycles. The molecule has 6 nitrogen and oxygen atoms in total. The van der Waals surface area contributed by atoms with E-state index in [2.05, 4.69) is 14.0 Å². The van der Waals surface area contributed by atoms with Crippen LogP contribution in [0.25, 0.3) is 0 Å². The van der Waals surface area contributed by atoms with E-state index in [9.17, 15) is 9.59 Å². The first-order chi connectivity index (χ1) is 11.6. The van der Waals surface area contributed by atoms with Gasteiger partial charge >= 0.3 is 0 Å². The van der Waals surface area contributed by atoms with Crippen LogP contribution in [-0.2, 0) is 9.59 Å². The average molecular weight is 333 g/mol. The Hall–Kier alpha value is -1.92. The lowest BCUT2D eigenvalue weighted by atomic mass is 10.2. The van der Waals surface area contributed by atoms with Crippen LogP contribution in [0.3, 0.4) is 0 Å². The molecule has 2 saturated heterocycles. The third-order valence-electron chi connectivity index (χ3n) is 4.95. The lowest BCUT2D eigenvalue weighted by Gasteiger charge is -2.30.